The molecule has 0 aliphatic heterocycles. The lowest BCUT2D eigenvalue weighted by Gasteiger charge is -2.16. The van der Waals surface area contributed by atoms with Crippen molar-refractivity contribution >= 4 is 11.6 Å². The summed E-state index contributed by atoms with van der Waals surface area (Å²) < 4.78 is 5.67. The second-order valence-electron chi connectivity index (χ2n) is 5.41. The van der Waals surface area contributed by atoms with Crippen LogP contribution in [0.2, 0.25) is 0 Å². The van der Waals surface area contributed by atoms with Crippen molar-refractivity contribution in [2.75, 3.05) is 5.73 Å². The normalized spacial score (nSPS) is 12.0. The number of hydrogen-bond donors (Lipinski definition) is 2. The van der Waals surface area contributed by atoms with Crippen molar-refractivity contribution < 1.29 is 9.53 Å². The number of hydrogen-bond acceptors (Lipinski definition) is 4. The van der Waals surface area contributed by atoms with E-state index in [2.05, 4.69) is 10.3 Å². The lowest BCUT2D eigenvalue weighted by molar-refractivity contribution is 0.0934. The number of rotatable bonds is 5. The molecular weight excluding hydrogens is 278 g/mol. The van der Waals surface area contributed by atoms with Crippen molar-refractivity contribution in [1.82, 2.24) is 10.3 Å². The first-order valence-corrected chi connectivity index (χ1v) is 7.24. The Labute approximate surface area is 130 Å². The highest BCUT2D eigenvalue weighted by Gasteiger charge is 2.13. The molecule has 5 heteroatoms. The minimum Gasteiger partial charge on any atom is -0.491 e. The van der Waals surface area contributed by atoms with Gasteiger partial charge < -0.3 is 15.8 Å². The summed E-state index contributed by atoms with van der Waals surface area (Å²) in [6.07, 6.45) is 1.58. The van der Waals surface area contributed by atoms with Crippen LogP contribution in [-0.4, -0.2) is 17.0 Å². The van der Waals surface area contributed by atoms with E-state index in [1.54, 1.807) is 12.1 Å². The Balaban J connectivity index is 2.06. The Hall–Kier alpha value is -2.56. The molecule has 3 N–H and O–H groups in total. The van der Waals surface area contributed by atoms with Gasteiger partial charge in [0.1, 0.15) is 11.4 Å². The highest BCUT2D eigenvalue weighted by molar-refractivity contribution is 5.92. The third-order valence-electron chi connectivity index (χ3n) is 3.10. The summed E-state index contributed by atoms with van der Waals surface area (Å²) in [4.78, 5) is 16.2. The molecule has 0 radical (unpaired) electrons. The van der Waals surface area contributed by atoms with Crippen LogP contribution in [0.25, 0.3) is 0 Å². The van der Waals surface area contributed by atoms with Gasteiger partial charge in [-0.1, -0.05) is 12.1 Å². The Morgan fingerprint density at radius 1 is 1.23 bits per heavy atom. The van der Waals surface area contributed by atoms with Gasteiger partial charge in [0.25, 0.3) is 5.91 Å². The summed E-state index contributed by atoms with van der Waals surface area (Å²) in [6.45, 7) is 5.87. The van der Waals surface area contributed by atoms with E-state index in [0.29, 0.717) is 11.4 Å². The number of pyridine rings is 1. The van der Waals surface area contributed by atoms with E-state index in [9.17, 15) is 4.79 Å². The van der Waals surface area contributed by atoms with Gasteiger partial charge in [-0.05, 0) is 50.6 Å². The van der Waals surface area contributed by atoms with E-state index in [1.165, 1.54) is 6.20 Å². The van der Waals surface area contributed by atoms with E-state index in [4.69, 9.17) is 10.5 Å². The molecule has 0 aliphatic rings. The predicted octanol–water partition coefficient (Wildman–Crippen LogP) is 2.94. The fourth-order valence-corrected chi connectivity index (χ4v) is 2.02. The number of benzene rings is 1. The fourth-order valence-electron chi connectivity index (χ4n) is 2.02. The fraction of sp³-hybridized carbons (Fsp3) is 0.294. The van der Waals surface area contributed by atoms with Crippen LogP contribution < -0.4 is 15.8 Å². The van der Waals surface area contributed by atoms with Crippen LogP contribution in [0.3, 0.4) is 0 Å². The van der Waals surface area contributed by atoms with E-state index < -0.39 is 0 Å². The van der Waals surface area contributed by atoms with Crippen molar-refractivity contribution in [3.05, 3.63) is 53.9 Å². The minimum atomic E-state index is -0.234. The maximum atomic E-state index is 12.2. The van der Waals surface area contributed by atoms with E-state index >= 15 is 0 Å². The number of carbonyl (C=O) groups excluding carboxylic acids is 1. The van der Waals surface area contributed by atoms with Gasteiger partial charge in [0, 0.05) is 0 Å². The molecule has 2 aromatic rings. The number of nitrogens with two attached hydrogens (primary N) is 1. The van der Waals surface area contributed by atoms with Crippen LogP contribution in [0.1, 0.15) is 42.9 Å². The standard InChI is InChI=1S/C17H21N3O2/c1-11(2)22-15-6-4-5-13(9-15)12(3)20-17(21)16-8-7-14(18)10-19-16/h4-12H,18H2,1-3H3,(H,20,21). The van der Waals surface area contributed by atoms with Gasteiger partial charge >= 0.3 is 0 Å². The molecule has 0 fully saturated rings. The summed E-state index contributed by atoms with van der Waals surface area (Å²) in [5, 5.41) is 2.91. The third-order valence-corrected chi connectivity index (χ3v) is 3.10. The summed E-state index contributed by atoms with van der Waals surface area (Å²) in [5.41, 5.74) is 7.42. The summed E-state index contributed by atoms with van der Waals surface area (Å²) in [7, 11) is 0. The Bertz CT molecular complexity index is 639. The first-order valence-electron chi connectivity index (χ1n) is 7.24. The number of amides is 1. The van der Waals surface area contributed by atoms with Crippen molar-refractivity contribution in [3.8, 4) is 5.75 Å². The van der Waals surface area contributed by atoms with Gasteiger partial charge in [-0.3, -0.25) is 4.79 Å². The zero-order valence-electron chi connectivity index (χ0n) is 13.0. The molecule has 1 amide bonds. The average Bonchev–Trinajstić information content (AvgIpc) is 2.47. The van der Waals surface area contributed by atoms with Crippen LogP contribution in [-0.2, 0) is 0 Å². The molecule has 1 aromatic heterocycles. The molecule has 116 valence electrons. The van der Waals surface area contributed by atoms with E-state index in [-0.39, 0.29) is 18.1 Å². The molecule has 1 aromatic carbocycles. The van der Waals surface area contributed by atoms with Gasteiger partial charge in [0.15, 0.2) is 0 Å². The number of nitrogens with zero attached hydrogens (tertiary/aromatic N) is 1. The Kier molecular flexibility index (Phi) is 4.99. The zero-order valence-corrected chi connectivity index (χ0v) is 13.0. The molecule has 0 spiro atoms. The van der Waals surface area contributed by atoms with Gasteiger partial charge in [-0.15, -0.1) is 0 Å². The van der Waals surface area contributed by atoms with Crippen LogP contribution in [0.15, 0.2) is 42.6 Å². The molecule has 0 saturated carbocycles. The molecule has 0 saturated heterocycles. The van der Waals surface area contributed by atoms with Gasteiger partial charge in [0.2, 0.25) is 0 Å². The molecule has 0 aliphatic carbocycles. The van der Waals surface area contributed by atoms with Crippen molar-refractivity contribution in [1.29, 1.82) is 0 Å². The summed E-state index contributed by atoms with van der Waals surface area (Å²) in [5.74, 6) is 0.557. The second-order valence-corrected chi connectivity index (χ2v) is 5.41. The maximum absolute atomic E-state index is 12.2. The third kappa shape index (κ3) is 4.22. The zero-order chi connectivity index (χ0) is 16.1. The monoisotopic (exact) mass is 299 g/mol. The van der Waals surface area contributed by atoms with Gasteiger partial charge in [-0.25, -0.2) is 4.98 Å². The van der Waals surface area contributed by atoms with Gasteiger partial charge in [-0.2, -0.15) is 0 Å². The lowest BCUT2D eigenvalue weighted by Crippen LogP contribution is -2.27. The second kappa shape index (κ2) is 6.93. The topological polar surface area (TPSA) is 77.2 Å². The number of nitrogens with one attached hydrogen (secondary N) is 1. The molecule has 22 heavy (non-hydrogen) atoms. The number of carbonyl (C=O) groups is 1. The van der Waals surface area contributed by atoms with E-state index in [0.717, 1.165) is 11.3 Å². The summed E-state index contributed by atoms with van der Waals surface area (Å²) in [6, 6.07) is 10.8. The van der Waals surface area contributed by atoms with Crippen molar-refractivity contribution in [2.45, 2.75) is 32.9 Å². The first-order chi connectivity index (χ1) is 10.5. The number of aromatic nitrogens is 1. The molecule has 0 bridgehead atoms. The first kappa shape index (κ1) is 15.8. The van der Waals surface area contributed by atoms with Gasteiger partial charge in [0.05, 0.1) is 24.0 Å². The van der Waals surface area contributed by atoms with Crippen LogP contribution >= 0.6 is 0 Å². The molecule has 2 rings (SSSR count). The average molecular weight is 299 g/mol. The molecule has 1 atom stereocenters. The van der Waals surface area contributed by atoms with Crippen molar-refractivity contribution in [2.24, 2.45) is 0 Å². The molecular formula is C17H21N3O2. The number of ether oxygens (including phenoxy) is 1. The summed E-state index contributed by atoms with van der Waals surface area (Å²) >= 11 is 0. The van der Waals surface area contributed by atoms with Crippen LogP contribution in [0.4, 0.5) is 5.69 Å². The maximum Gasteiger partial charge on any atom is 0.270 e. The van der Waals surface area contributed by atoms with Crippen LogP contribution in [0, 0.1) is 0 Å². The van der Waals surface area contributed by atoms with Crippen molar-refractivity contribution in [3.63, 3.8) is 0 Å². The minimum absolute atomic E-state index is 0.110. The Morgan fingerprint density at radius 2 is 2.00 bits per heavy atom. The number of nitrogen functional groups attached to an aromatic ring is 1. The quantitative estimate of drug-likeness (QED) is 0.890. The smallest absolute Gasteiger partial charge is 0.270 e. The highest BCUT2D eigenvalue weighted by Crippen LogP contribution is 2.20. The lowest BCUT2D eigenvalue weighted by atomic mass is 10.1. The number of anilines is 1. The van der Waals surface area contributed by atoms with Crippen LogP contribution in [0.5, 0.6) is 5.75 Å². The predicted molar refractivity (Wildman–Crippen MR) is 86.7 cm³/mol. The molecule has 1 heterocycles. The SMILES string of the molecule is CC(C)Oc1cccc(C(C)NC(=O)c2ccc(N)cn2)c1. The highest BCUT2D eigenvalue weighted by atomic mass is 16.5. The Morgan fingerprint density at radius 3 is 2.64 bits per heavy atom. The molecule has 1 unspecified atom stereocenters. The molecule has 5 nitrogen and oxygen atoms in total. The van der Waals surface area contributed by atoms with E-state index in [1.807, 2.05) is 45.0 Å². The largest absolute Gasteiger partial charge is 0.491 e.